The summed E-state index contributed by atoms with van der Waals surface area (Å²) in [7, 11) is 0. The van der Waals surface area contributed by atoms with Crippen molar-refractivity contribution < 1.29 is 13.2 Å². The molecule has 1 heterocycles. The van der Waals surface area contributed by atoms with Crippen molar-refractivity contribution in [3.05, 3.63) is 16.4 Å². The molecule has 0 saturated heterocycles. The van der Waals surface area contributed by atoms with Gasteiger partial charge in [0.1, 0.15) is 6.54 Å². The van der Waals surface area contributed by atoms with Crippen LogP contribution in [-0.2, 0) is 0 Å². The predicted octanol–water partition coefficient (Wildman–Crippen LogP) is 3.56. The van der Waals surface area contributed by atoms with Gasteiger partial charge in [-0.3, -0.25) is 0 Å². The number of nitrogens with zero attached hydrogens (tertiary/aromatic N) is 3. The highest BCUT2D eigenvalue weighted by molar-refractivity contribution is 6.33. The van der Waals surface area contributed by atoms with E-state index in [9.17, 15) is 13.2 Å². The Balaban J connectivity index is 3.00. The average molecular weight is 288 g/mol. The summed E-state index contributed by atoms with van der Waals surface area (Å²) in [4.78, 5) is 1.09. The van der Waals surface area contributed by atoms with Crippen LogP contribution >= 0.6 is 23.2 Å². The standard InChI is InChI=1S/C9H10Cl2F3N3/c1-2-3-17(5-9(12,13)14)6-4-7(10)15-16-8(6)11/h4H,2-3,5H2,1H3. The van der Waals surface area contributed by atoms with Gasteiger partial charge in [0.2, 0.25) is 0 Å². The fourth-order valence-electron chi connectivity index (χ4n) is 1.34. The summed E-state index contributed by atoms with van der Waals surface area (Å²) in [6, 6.07) is 1.28. The number of alkyl halides is 3. The molecule has 0 aliphatic rings. The predicted molar refractivity (Wildman–Crippen MR) is 60.6 cm³/mol. The molecule has 1 aromatic heterocycles. The maximum absolute atomic E-state index is 12.4. The normalized spacial score (nSPS) is 11.6. The van der Waals surface area contributed by atoms with Crippen LogP contribution in [0.25, 0.3) is 0 Å². The summed E-state index contributed by atoms with van der Waals surface area (Å²) in [6.45, 7) is 0.886. The SMILES string of the molecule is CCCN(CC(F)(F)F)c1cc(Cl)nnc1Cl. The van der Waals surface area contributed by atoms with Gasteiger partial charge in [-0.1, -0.05) is 30.1 Å². The molecule has 0 radical (unpaired) electrons. The molecule has 0 aromatic carbocycles. The van der Waals surface area contributed by atoms with Gasteiger partial charge >= 0.3 is 6.18 Å². The lowest BCUT2D eigenvalue weighted by molar-refractivity contribution is -0.119. The third-order valence-corrected chi connectivity index (χ3v) is 2.36. The van der Waals surface area contributed by atoms with Gasteiger partial charge in [0.15, 0.2) is 10.3 Å². The van der Waals surface area contributed by atoms with E-state index in [1.54, 1.807) is 6.92 Å². The molecule has 0 saturated carbocycles. The molecular formula is C9H10Cl2F3N3. The van der Waals surface area contributed by atoms with Gasteiger partial charge in [-0.15, -0.1) is 10.2 Å². The smallest absolute Gasteiger partial charge is 0.360 e. The summed E-state index contributed by atoms with van der Waals surface area (Å²) < 4.78 is 37.2. The van der Waals surface area contributed by atoms with E-state index in [1.807, 2.05) is 0 Å². The van der Waals surface area contributed by atoms with E-state index in [0.29, 0.717) is 6.42 Å². The number of hydrogen-bond acceptors (Lipinski definition) is 3. The van der Waals surface area contributed by atoms with Crippen LogP contribution < -0.4 is 4.90 Å². The van der Waals surface area contributed by atoms with E-state index in [0.717, 1.165) is 4.90 Å². The van der Waals surface area contributed by atoms with E-state index in [-0.39, 0.29) is 22.5 Å². The van der Waals surface area contributed by atoms with Gasteiger partial charge in [-0.25, -0.2) is 0 Å². The first-order valence-electron chi connectivity index (χ1n) is 4.84. The van der Waals surface area contributed by atoms with Crippen LogP contribution in [0.5, 0.6) is 0 Å². The average Bonchev–Trinajstić information content (AvgIpc) is 2.19. The number of aromatic nitrogens is 2. The summed E-state index contributed by atoms with van der Waals surface area (Å²) in [6.07, 6.45) is -3.76. The third kappa shape index (κ3) is 4.55. The maximum atomic E-state index is 12.4. The van der Waals surface area contributed by atoms with Crippen molar-refractivity contribution in [2.45, 2.75) is 19.5 Å². The van der Waals surface area contributed by atoms with Crippen molar-refractivity contribution in [3.8, 4) is 0 Å². The summed E-state index contributed by atoms with van der Waals surface area (Å²) in [5.74, 6) is 0. The Morgan fingerprint density at radius 3 is 2.47 bits per heavy atom. The highest BCUT2D eigenvalue weighted by Gasteiger charge is 2.31. The highest BCUT2D eigenvalue weighted by atomic mass is 35.5. The second-order valence-electron chi connectivity index (χ2n) is 3.38. The van der Waals surface area contributed by atoms with Crippen molar-refractivity contribution in [1.82, 2.24) is 10.2 Å². The fraction of sp³-hybridized carbons (Fsp3) is 0.556. The summed E-state index contributed by atoms with van der Waals surface area (Å²) in [5.41, 5.74) is 0.144. The lowest BCUT2D eigenvalue weighted by Crippen LogP contribution is -2.35. The Morgan fingerprint density at radius 1 is 1.29 bits per heavy atom. The molecule has 0 N–H and O–H groups in total. The van der Waals surface area contributed by atoms with E-state index in [4.69, 9.17) is 23.2 Å². The molecule has 17 heavy (non-hydrogen) atoms. The van der Waals surface area contributed by atoms with Crippen LogP contribution in [0.1, 0.15) is 13.3 Å². The molecule has 0 fully saturated rings. The lowest BCUT2D eigenvalue weighted by Gasteiger charge is -2.25. The second kappa shape index (κ2) is 5.73. The Hall–Kier alpha value is -0.750. The van der Waals surface area contributed by atoms with Crippen molar-refractivity contribution in [1.29, 1.82) is 0 Å². The zero-order valence-electron chi connectivity index (χ0n) is 8.93. The van der Waals surface area contributed by atoms with Crippen molar-refractivity contribution in [2.24, 2.45) is 0 Å². The molecule has 1 rings (SSSR count). The van der Waals surface area contributed by atoms with E-state index < -0.39 is 12.7 Å². The molecule has 96 valence electrons. The molecule has 1 aromatic rings. The first-order chi connectivity index (χ1) is 7.83. The van der Waals surface area contributed by atoms with Gasteiger partial charge < -0.3 is 4.90 Å². The minimum absolute atomic E-state index is 0.00711. The number of halogens is 5. The van der Waals surface area contributed by atoms with Crippen LogP contribution in [0.15, 0.2) is 6.07 Å². The minimum Gasteiger partial charge on any atom is -0.360 e. The quantitative estimate of drug-likeness (QED) is 0.848. The molecule has 0 aliphatic carbocycles. The first-order valence-corrected chi connectivity index (χ1v) is 5.59. The zero-order chi connectivity index (χ0) is 13.1. The summed E-state index contributed by atoms with van der Waals surface area (Å²) in [5, 5.41) is 6.86. The molecule has 0 atom stereocenters. The Bertz CT molecular complexity index is 384. The molecule has 8 heteroatoms. The van der Waals surface area contributed by atoms with Crippen LogP contribution in [0.4, 0.5) is 18.9 Å². The topological polar surface area (TPSA) is 29.0 Å². The molecule has 0 aliphatic heterocycles. The molecule has 3 nitrogen and oxygen atoms in total. The van der Waals surface area contributed by atoms with Gasteiger partial charge in [0.25, 0.3) is 0 Å². The summed E-state index contributed by atoms with van der Waals surface area (Å²) >= 11 is 11.3. The van der Waals surface area contributed by atoms with Gasteiger partial charge in [0, 0.05) is 12.6 Å². The number of anilines is 1. The zero-order valence-corrected chi connectivity index (χ0v) is 10.4. The largest absolute Gasteiger partial charge is 0.405 e. The molecule has 0 bridgehead atoms. The van der Waals surface area contributed by atoms with Crippen LogP contribution in [0.3, 0.4) is 0 Å². The third-order valence-electron chi connectivity index (χ3n) is 1.90. The fourth-order valence-corrected chi connectivity index (χ4v) is 1.69. The van der Waals surface area contributed by atoms with E-state index in [2.05, 4.69) is 10.2 Å². The maximum Gasteiger partial charge on any atom is 0.405 e. The minimum atomic E-state index is -4.31. The molecular weight excluding hydrogens is 278 g/mol. The molecule has 0 amide bonds. The van der Waals surface area contributed by atoms with Gasteiger partial charge in [-0.05, 0) is 6.42 Å². The Labute approximate surface area is 107 Å². The first kappa shape index (κ1) is 14.3. The van der Waals surface area contributed by atoms with E-state index >= 15 is 0 Å². The van der Waals surface area contributed by atoms with E-state index in [1.165, 1.54) is 6.07 Å². The van der Waals surface area contributed by atoms with Crippen molar-refractivity contribution >= 4 is 28.9 Å². The Kier molecular flexibility index (Phi) is 4.82. The Morgan fingerprint density at radius 2 is 1.94 bits per heavy atom. The van der Waals surface area contributed by atoms with Crippen molar-refractivity contribution in [2.75, 3.05) is 18.0 Å². The molecule has 0 spiro atoms. The van der Waals surface area contributed by atoms with Crippen LogP contribution in [-0.4, -0.2) is 29.5 Å². The van der Waals surface area contributed by atoms with Gasteiger partial charge in [0.05, 0.1) is 5.69 Å². The second-order valence-corrected chi connectivity index (χ2v) is 4.13. The highest BCUT2D eigenvalue weighted by Crippen LogP contribution is 2.28. The monoisotopic (exact) mass is 287 g/mol. The lowest BCUT2D eigenvalue weighted by atomic mass is 10.3. The molecule has 0 unspecified atom stereocenters. The number of hydrogen-bond donors (Lipinski definition) is 0. The van der Waals surface area contributed by atoms with Crippen molar-refractivity contribution in [3.63, 3.8) is 0 Å². The van der Waals surface area contributed by atoms with Crippen LogP contribution in [0, 0.1) is 0 Å². The van der Waals surface area contributed by atoms with Gasteiger partial charge in [-0.2, -0.15) is 13.2 Å². The van der Waals surface area contributed by atoms with Crippen LogP contribution in [0.2, 0.25) is 10.3 Å². The number of rotatable bonds is 4.